The fraction of sp³-hybridized carbons (Fsp3) is 0.360. The molecule has 5 rings (SSSR count). The first-order chi connectivity index (χ1) is 16.4. The molecule has 1 aromatic carbocycles. The van der Waals surface area contributed by atoms with E-state index in [4.69, 9.17) is 21.6 Å². The third-order valence-corrected chi connectivity index (χ3v) is 7.60. The predicted molar refractivity (Wildman–Crippen MR) is 141 cm³/mol. The van der Waals surface area contributed by atoms with Crippen LogP contribution in [0.15, 0.2) is 48.0 Å². The highest BCUT2D eigenvalue weighted by atomic mass is 35.5. The maximum atomic E-state index is 9.88. The fourth-order valence-electron chi connectivity index (χ4n) is 4.47. The number of nitrogens with zero attached hydrogens (tertiary/aromatic N) is 6. The minimum absolute atomic E-state index is 0.401. The van der Waals surface area contributed by atoms with Gasteiger partial charge in [0.05, 0.1) is 17.1 Å². The first kappa shape index (κ1) is 23.1. The van der Waals surface area contributed by atoms with Gasteiger partial charge in [-0.25, -0.2) is 9.97 Å². The Hall–Kier alpha value is -2.65. The number of rotatable bonds is 6. The molecule has 4 aromatic rings. The lowest BCUT2D eigenvalue weighted by molar-refractivity contribution is 0.0153. The molecule has 1 fully saturated rings. The van der Waals surface area contributed by atoms with Crippen molar-refractivity contribution < 1.29 is 5.11 Å². The van der Waals surface area contributed by atoms with Crippen LogP contribution < -0.4 is 9.80 Å². The summed E-state index contributed by atoms with van der Waals surface area (Å²) in [5.41, 5.74) is 5.12. The van der Waals surface area contributed by atoms with Crippen LogP contribution in [0.1, 0.15) is 19.5 Å². The van der Waals surface area contributed by atoms with E-state index in [9.17, 15) is 5.11 Å². The maximum Gasteiger partial charge on any atom is 0.191 e. The normalized spacial score (nSPS) is 15.7. The lowest BCUT2D eigenvalue weighted by Gasteiger charge is -2.37. The molecule has 178 valence electrons. The molecule has 0 bridgehead atoms. The molecular formula is C25H29ClN6OS. The van der Waals surface area contributed by atoms with E-state index in [0.717, 1.165) is 76.9 Å². The zero-order valence-corrected chi connectivity index (χ0v) is 21.2. The van der Waals surface area contributed by atoms with Crippen molar-refractivity contribution in [2.45, 2.75) is 26.5 Å². The first-order valence-electron chi connectivity index (χ1n) is 11.6. The SMILES string of the molecule is CCc1nc2ccc(N3CCN(C(C)O)CC3)cn2c1N(C)c1nc(-c2ccc(Cl)cc2)cs1. The van der Waals surface area contributed by atoms with Gasteiger partial charge in [0, 0.05) is 55.4 Å². The molecule has 3 aromatic heterocycles. The Morgan fingerprint density at radius 1 is 1.09 bits per heavy atom. The van der Waals surface area contributed by atoms with Gasteiger partial charge in [0.15, 0.2) is 5.13 Å². The Labute approximate surface area is 208 Å². The number of aromatic nitrogens is 3. The molecule has 1 N–H and O–H groups in total. The van der Waals surface area contributed by atoms with Crippen molar-refractivity contribution >= 4 is 45.2 Å². The summed E-state index contributed by atoms with van der Waals surface area (Å²) in [6.07, 6.45) is 2.61. The van der Waals surface area contributed by atoms with Gasteiger partial charge >= 0.3 is 0 Å². The molecule has 0 saturated carbocycles. The lowest BCUT2D eigenvalue weighted by Crippen LogP contribution is -2.49. The van der Waals surface area contributed by atoms with Crippen molar-refractivity contribution in [1.82, 2.24) is 19.3 Å². The summed E-state index contributed by atoms with van der Waals surface area (Å²) in [6, 6.07) is 12.0. The first-order valence-corrected chi connectivity index (χ1v) is 12.8. The van der Waals surface area contributed by atoms with E-state index in [2.05, 4.69) is 56.8 Å². The highest BCUT2D eigenvalue weighted by Crippen LogP contribution is 2.34. The monoisotopic (exact) mass is 496 g/mol. The Bertz CT molecular complexity index is 1280. The maximum absolute atomic E-state index is 9.88. The largest absolute Gasteiger partial charge is 0.379 e. The third kappa shape index (κ3) is 4.38. The molecule has 1 unspecified atom stereocenters. The highest BCUT2D eigenvalue weighted by Gasteiger charge is 2.23. The molecule has 9 heteroatoms. The average Bonchev–Trinajstić information content (AvgIpc) is 3.49. The van der Waals surface area contributed by atoms with Crippen molar-refractivity contribution in [2.24, 2.45) is 0 Å². The molecule has 4 heterocycles. The number of anilines is 3. The number of benzene rings is 1. The predicted octanol–water partition coefficient (Wildman–Crippen LogP) is 4.90. The fourth-order valence-corrected chi connectivity index (χ4v) is 5.39. The van der Waals surface area contributed by atoms with Crippen LogP contribution in [0.5, 0.6) is 0 Å². The molecule has 7 nitrogen and oxygen atoms in total. The second-order valence-electron chi connectivity index (χ2n) is 8.59. The summed E-state index contributed by atoms with van der Waals surface area (Å²) in [4.78, 5) is 16.4. The van der Waals surface area contributed by atoms with Crippen LogP contribution in [-0.4, -0.2) is 63.8 Å². The van der Waals surface area contributed by atoms with Gasteiger partial charge in [-0.2, -0.15) is 0 Å². The summed E-state index contributed by atoms with van der Waals surface area (Å²) in [5, 5.41) is 13.6. The average molecular weight is 497 g/mol. The number of piperazine rings is 1. The van der Waals surface area contributed by atoms with Crippen LogP contribution in [0.2, 0.25) is 5.02 Å². The molecule has 0 spiro atoms. The Balaban J connectivity index is 1.46. The minimum atomic E-state index is -0.401. The second-order valence-corrected chi connectivity index (χ2v) is 9.86. The zero-order valence-electron chi connectivity index (χ0n) is 19.6. The number of thiazole rings is 1. The van der Waals surface area contributed by atoms with E-state index in [0.29, 0.717) is 0 Å². The van der Waals surface area contributed by atoms with Crippen LogP contribution >= 0.6 is 22.9 Å². The number of hydrogen-bond donors (Lipinski definition) is 1. The van der Waals surface area contributed by atoms with E-state index >= 15 is 0 Å². The lowest BCUT2D eigenvalue weighted by atomic mass is 10.2. The van der Waals surface area contributed by atoms with E-state index in [1.54, 1.807) is 11.3 Å². The smallest absolute Gasteiger partial charge is 0.191 e. The summed E-state index contributed by atoms with van der Waals surface area (Å²) in [6.45, 7) is 7.43. The number of imidazole rings is 1. The Morgan fingerprint density at radius 3 is 2.50 bits per heavy atom. The number of pyridine rings is 1. The summed E-state index contributed by atoms with van der Waals surface area (Å²) < 4.78 is 2.18. The number of halogens is 1. The molecular weight excluding hydrogens is 468 g/mol. The van der Waals surface area contributed by atoms with Gasteiger partial charge in [-0.3, -0.25) is 9.30 Å². The van der Waals surface area contributed by atoms with E-state index in [-0.39, 0.29) is 0 Å². The van der Waals surface area contributed by atoms with Gasteiger partial charge in [0.2, 0.25) is 0 Å². The van der Waals surface area contributed by atoms with Gasteiger partial charge in [-0.1, -0.05) is 30.7 Å². The second kappa shape index (κ2) is 9.54. The van der Waals surface area contributed by atoms with Crippen molar-refractivity contribution in [3.8, 4) is 11.3 Å². The van der Waals surface area contributed by atoms with Gasteiger partial charge < -0.3 is 14.9 Å². The topological polar surface area (TPSA) is 60.1 Å². The molecule has 0 aliphatic carbocycles. The van der Waals surface area contributed by atoms with Gasteiger partial charge in [0.25, 0.3) is 0 Å². The van der Waals surface area contributed by atoms with Gasteiger partial charge in [0.1, 0.15) is 17.7 Å². The minimum Gasteiger partial charge on any atom is -0.379 e. The number of aliphatic hydroxyl groups is 1. The van der Waals surface area contributed by atoms with Crippen LogP contribution in [0, 0.1) is 0 Å². The summed E-state index contributed by atoms with van der Waals surface area (Å²) in [7, 11) is 2.06. The number of aliphatic hydroxyl groups excluding tert-OH is 1. The van der Waals surface area contributed by atoms with Crippen LogP contribution in [0.3, 0.4) is 0 Å². The Morgan fingerprint density at radius 2 is 1.82 bits per heavy atom. The number of aryl methyl sites for hydroxylation is 1. The summed E-state index contributed by atoms with van der Waals surface area (Å²) >= 11 is 7.67. The van der Waals surface area contributed by atoms with Crippen LogP contribution in [-0.2, 0) is 6.42 Å². The highest BCUT2D eigenvalue weighted by molar-refractivity contribution is 7.14. The van der Waals surface area contributed by atoms with Crippen molar-refractivity contribution in [2.75, 3.05) is 43.0 Å². The molecule has 1 atom stereocenters. The third-order valence-electron chi connectivity index (χ3n) is 6.43. The number of hydrogen-bond acceptors (Lipinski definition) is 7. The molecule has 1 saturated heterocycles. The van der Waals surface area contributed by atoms with Gasteiger partial charge in [-0.05, 0) is 37.6 Å². The zero-order chi connectivity index (χ0) is 23.8. The van der Waals surface area contributed by atoms with Crippen molar-refractivity contribution in [3.05, 3.63) is 58.7 Å². The Kier molecular flexibility index (Phi) is 6.48. The standard InChI is InChI=1S/C25H29ClN6OS/c1-4-21-24(29(3)25-28-22(16-34-25)18-5-7-19(26)8-6-18)32-15-20(9-10-23(32)27-21)31-13-11-30(12-14-31)17(2)33/h5-10,15-17,33H,4,11-14H2,1-3H3. The summed E-state index contributed by atoms with van der Waals surface area (Å²) in [5.74, 6) is 1.04. The molecule has 1 aliphatic heterocycles. The van der Waals surface area contributed by atoms with Gasteiger partial charge in [-0.15, -0.1) is 11.3 Å². The molecule has 0 radical (unpaired) electrons. The number of fused-ring (bicyclic) bond motifs is 1. The molecule has 0 amide bonds. The quantitative estimate of drug-likeness (QED) is 0.409. The molecule has 34 heavy (non-hydrogen) atoms. The van der Waals surface area contributed by atoms with Crippen molar-refractivity contribution in [1.29, 1.82) is 0 Å². The van der Waals surface area contributed by atoms with E-state index in [1.807, 2.05) is 31.2 Å². The van der Waals surface area contributed by atoms with Crippen molar-refractivity contribution in [3.63, 3.8) is 0 Å². The van der Waals surface area contributed by atoms with Crippen LogP contribution in [0.25, 0.3) is 16.9 Å². The van der Waals surface area contributed by atoms with E-state index < -0.39 is 6.23 Å². The molecule has 1 aliphatic rings. The van der Waals surface area contributed by atoms with E-state index in [1.165, 1.54) is 0 Å². The van der Waals surface area contributed by atoms with Crippen LogP contribution in [0.4, 0.5) is 16.6 Å².